The maximum absolute atomic E-state index is 12.8. The highest BCUT2D eigenvalue weighted by Crippen LogP contribution is 2.23. The van der Waals surface area contributed by atoms with E-state index in [-0.39, 0.29) is 5.91 Å². The van der Waals surface area contributed by atoms with Gasteiger partial charge in [0, 0.05) is 61.2 Å². The Morgan fingerprint density at radius 2 is 1.42 bits per heavy atom. The molecule has 4 nitrogen and oxygen atoms in total. The monoisotopic (exact) mass is 369 g/mol. The van der Waals surface area contributed by atoms with Crippen LogP contribution >= 0.6 is 11.6 Å². The Kier molecular flexibility index (Phi) is 5.02. The van der Waals surface area contributed by atoms with Crippen molar-refractivity contribution in [3.8, 4) is 0 Å². The third kappa shape index (κ3) is 3.65. The molecule has 2 heterocycles. The molecule has 0 aliphatic carbocycles. The molecule has 2 saturated heterocycles. The van der Waals surface area contributed by atoms with Crippen LogP contribution in [0.2, 0.25) is 5.02 Å². The van der Waals surface area contributed by atoms with Crippen molar-refractivity contribution in [1.82, 2.24) is 4.90 Å². The number of carbonyl (C=O) groups excluding carboxylic acids is 1. The SMILES string of the molecule is O=C(c1ccc(N2CCCC2)cc1)N1CCN(c2cccc(Cl)c2)CC1. The maximum Gasteiger partial charge on any atom is 0.253 e. The molecule has 0 N–H and O–H groups in total. The lowest BCUT2D eigenvalue weighted by Crippen LogP contribution is -2.48. The van der Waals surface area contributed by atoms with E-state index < -0.39 is 0 Å². The van der Waals surface area contributed by atoms with E-state index in [2.05, 4.69) is 28.0 Å². The summed E-state index contributed by atoms with van der Waals surface area (Å²) in [7, 11) is 0. The van der Waals surface area contributed by atoms with Crippen LogP contribution in [0.15, 0.2) is 48.5 Å². The number of anilines is 2. The summed E-state index contributed by atoms with van der Waals surface area (Å²) in [6, 6.07) is 16.0. The summed E-state index contributed by atoms with van der Waals surface area (Å²) < 4.78 is 0. The van der Waals surface area contributed by atoms with Crippen LogP contribution in [0.1, 0.15) is 23.2 Å². The van der Waals surface area contributed by atoms with Gasteiger partial charge in [0.25, 0.3) is 5.91 Å². The highest BCUT2D eigenvalue weighted by Gasteiger charge is 2.22. The van der Waals surface area contributed by atoms with Gasteiger partial charge in [0.2, 0.25) is 0 Å². The molecule has 2 aromatic rings. The van der Waals surface area contributed by atoms with Gasteiger partial charge in [-0.3, -0.25) is 4.79 Å². The van der Waals surface area contributed by atoms with Crippen molar-refractivity contribution in [3.05, 3.63) is 59.1 Å². The second-order valence-corrected chi connectivity index (χ2v) is 7.44. The van der Waals surface area contributed by atoms with E-state index in [1.165, 1.54) is 18.5 Å². The molecule has 4 rings (SSSR count). The van der Waals surface area contributed by atoms with Crippen LogP contribution in [0.3, 0.4) is 0 Å². The first-order valence-electron chi connectivity index (χ1n) is 9.35. The van der Waals surface area contributed by atoms with Gasteiger partial charge in [-0.2, -0.15) is 0 Å². The summed E-state index contributed by atoms with van der Waals surface area (Å²) in [6.07, 6.45) is 2.52. The second-order valence-electron chi connectivity index (χ2n) is 7.00. The molecule has 0 saturated carbocycles. The fraction of sp³-hybridized carbons (Fsp3) is 0.381. The van der Waals surface area contributed by atoms with Crippen molar-refractivity contribution in [3.63, 3.8) is 0 Å². The lowest BCUT2D eigenvalue weighted by molar-refractivity contribution is 0.0747. The van der Waals surface area contributed by atoms with Crippen molar-refractivity contribution in [2.45, 2.75) is 12.8 Å². The average molecular weight is 370 g/mol. The van der Waals surface area contributed by atoms with Crippen molar-refractivity contribution in [2.75, 3.05) is 49.1 Å². The number of carbonyl (C=O) groups is 1. The lowest BCUT2D eigenvalue weighted by atomic mass is 10.1. The minimum atomic E-state index is 0.128. The summed E-state index contributed by atoms with van der Waals surface area (Å²) >= 11 is 6.09. The largest absolute Gasteiger partial charge is 0.372 e. The fourth-order valence-corrected chi connectivity index (χ4v) is 4.00. The molecule has 2 aliphatic rings. The topological polar surface area (TPSA) is 26.8 Å². The smallest absolute Gasteiger partial charge is 0.253 e. The first-order chi connectivity index (χ1) is 12.7. The second kappa shape index (κ2) is 7.58. The first-order valence-corrected chi connectivity index (χ1v) is 9.73. The maximum atomic E-state index is 12.8. The van der Waals surface area contributed by atoms with Crippen LogP contribution in [-0.2, 0) is 0 Å². The van der Waals surface area contributed by atoms with Gasteiger partial charge >= 0.3 is 0 Å². The van der Waals surface area contributed by atoms with Gasteiger partial charge in [-0.1, -0.05) is 17.7 Å². The van der Waals surface area contributed by atoms with E-state index in [0.717, 1.165) is 55.5 Å². The predicted molar refractivity (Wildman–Crippen MR) is 107 cm³/mol. The molecule has 2 aliphatic heterocycles. The molecular formula is C21H24ClN3O. The molecule has 0 spiro atoms. The third-order valence-corrected chi connectivity index (χ3v) is 5.56. The van der Waals surface area contributed by atoms with Crippen LogP contribution in [0.25, 0.3) is 0 Å². The molecule has 0 unspecified atom stereocenters. The van der Waals surface area contributed by atoms with Gasteiger partial charge in [0.15, 0.2) is 0 Å². The van der Waals surface area contributed by atoms with Crippen LogP contribution in [0.5, 0.6) is 0 Å². The van der Waals surface area contributed by atoms with Gasteiger partial charge in [-0.05, 0) is 55.3 Å². The van der Waals surface area contributed by atoms with E-state index in [1.54, 1.807) is 0 Å². The minimum Gasteiger partial charge on any atom is -0.372 e. The van der Waals surface area contributed by atoms with Crippen LogP contribution < -0.4 is 9.80 Å². The Morgan fingerprint density at radius 3 is 2.08 bits per heavy atom. The number of nitrogens with zero attached hydrogens (tertiary/aromatic N) is 3. The van der Waals surface area contributed by atoms with Crippen molar-refractivity contribution < 1.29 is 4.79 Å². The highest BCUT2D eigenvalue weighted by atomic mass is 35.5. The molecule has 136 valence electrons. The molecule has 0 aromatic heterocycles. The van der Waals surface area contributed by atoms with Gasteiger partial charge in [0.1, 0.15) is 0 Å². The molecular weight excluding hydrogens is 346 g/mol. The molecule has 26 heavy (non-hydrogen) atoms. The Bertz CT molecular complexity index is 763. The molecule has 2 aromatic carbocycles. The Hall–Kier alpha value is -2.20. The zero-order chi connectivity index (χ0) is 17.9. The molecule has 0 bridgehead atoms. The average Bonchev–Trinajstić information content (AvgIpc) is 3.23. The van der Waals surface area contributed by atoms with Gasteiger partial charge in [-0.25, -0.2) is 0 Å². The summed E-state index contributed by atoms with van der Waals surface area (Å²) in [6.45, 7) is 5.38. The zero-order valence-electron chi connectivity index (χ0n) is 14.9. The summed E-state index contributed by atoms with van der Waals surface area (Å²) in [4.78, 5) is 19.4. The van der Waals surface area contributed by atoms with E-state index >= 15 is 0 Å². The first kappa shape index (κ1) is 17.2. The number of hydrogen-bond donors (Lipinski definition) is 0. The molecule has 2 fully saturated rings. The summed E-state index contributed by atoms with van der Waals surface area (Å²) in [5, 5.41) is 0.749. The zero-order valence-corrected chi connectivity index (χ0v) is 15.7. The van der Waals surface area contributed by atoms with Gasteiger partial charge in [0.05, 0.1) is 0 Å². The normalized spacial score (nSPS) is 17.7. The van der Waals surface area contributed by atoms with E-state index in [0.29, 0.717) is 0 Å². The van der Waals surface area contributed by atoms with Crippen molar-refractivity contribution in [1.29, 1.82) is 0 Å². The van der Waals surface area contributed by atoms with Crippen molar-refractivity contribution >= 4 is 28.9 Å². The molecule has 5 heteroatoms. The third-order valence-electron chi connectivity index (χ3n) is 5.33. The van der Waals surface area contributed by atoms with Crippen LogP contribution in [-0.4, -0.2) is 50.1 Å². The van der Waals surface area contributed by atoms with Crippen molar-refractivity contribution in [2.24, 2.45) is 0 Å². The number of piperazine rings is 1. The van der Waals surface area contributed by atoms with Gasteiger partial charge in [-0.15, -0.1) is 0 Å². The minimum absolute atomic E-state index is 0.128. The lowest BCUT2D eigenvalue weighted by Gasteiger charge is -2.36. The molecule has 1 amide bonds. The molecule has 0 atom stereocenters. The van der Waals surface area contributed by atoms with E-state index in [1.807, 2.05) is 35.2 Å². The van der Waals surface area contributed by atoms with Crippen LogP contribution in [0, 0.1) is 0 Å². The standard InChI is InChI=1S/C21H24ClN3O/c22-18-4-3-5-20(16-18)24-12-14-25(15-13-24)21(26)17-6-8-19(9-7-17)23-10-1-2-11-23/h3-9,16H,1-2,10-15H2. The summed E-state index contributed by atoms with van der Waals surface area (Å²) in [5.41, 5.74) is 3.13. The molecule has 0 radical (unpaired) electrons. The fourth-order valence-electron chi connectivity index (χ4n) is 3.81. The number of rotatable bonds is 3. The quantitative estimate of drug-likeness (QED) is 0.820. The van der Waals surface area contributed by atoms with E-state index in [4.69, 9.17) is 11.6 Å². The number of amides is 1. The predicted octanol–water partition coefficient (Wildman–Crippen LogP) is 3.90. The summed E-state index contributed by atoms with van der Waals surface area (Å²) in [5.74, 6) is 0.128. The Balaban J connectivity index is 1.37. The highest BCUT2D eigenvalue weighted by molar-refractivity contribution is 6.30. The Morgan fingerprint density at radius 1 is 0.769 bits per heavy atom. The Labute approximate surface area is 160 Å². The van der Waals surface area contributed by atoms with Crippen LogP contribution in [0.4, 0.5) is 11.4 Å². The number of hydrogen-bond acceptors (Lipinski definition) is 3. The number of benzene rings is 2. The van der Waals surface area contributed by atoms with E-state index in [9.17, 15) is 4.79 Å². The van der Waals surface area contributed by atoms with Gasteiger partial charge < -0.3 is 14.7 Å². The number of halogens is 1.